The van der Waals surface area contributed by atoms with Gasteiger partial charge < -0.3 is 10.2 Å². The third kappa shape index (κ3) is 2.16. The van der Waals surface area contributed by atoms with Crippen molar-refractivity contribution in [2.24, 2.45) is 0 Å². The van der Waals surface area contributed by atoms with E-state index in [4.69, 9.17) is 11.6 Å². The molecule has 0 bridgehead atoms. The molecule has 14 heavy (non-hydrogen) atoms. The summed E-state index contributed by atoms with van der Waals surface area (Å²) in [6.45, 7) is 3.68. The minimum atomic E-state index is -0.272. The lowest BCUT2D eigenvalue weighted by atomic mass is 10.2. The van der Waals surface area contributed by atoms with Gasteiger partial charge in [-0.15, -0.1) is 0 Å². The molecule has 1 aromatic rings. The molecule has 0 aromatic heterocycles. The number of nitrogens with one attached hydrogen (secondary N) is 1. The van der Waals surface area contributed by atoms with Gasteiger partial charge >= 0.3 is 0 Å². The van der Waals surface area contributed by atoms with E-state index in [1.807, 2.05) is 0 Å². The lowest BCUT2D eigenvalue weighted by Crippen LogP contribution is -2.43. The fourth-order valence-corrected chi connectivity index (χ4v) is 1.86. The Morgan fingerprint density at radius 2 is 1.93 bits per heavy atom. The third-order valence-corrected chi connectivity index (χ3v) is 2.55. The summed E-state index contributed by atoms with van der Waals surface area (Å²) < 4.78 is 13.1. The molecule has 1 aliphatic rings. The Morgan fingerprint density at radius 3 is 2.57 bits per heavy atom. The lowest BCUT2D eigenvalue weighted by molar-refractivity contribution is 0.585. The van der Waals surface area contributed by atoms with E-state index < -0.39 is 0 Å². The molecule has 0 saturated carbocycles. The Kier molecular flexibility index (Phi) is 2.89. The molecule has 2 rings (SSSR count). The Morgan fingerprint density at radius 1 is 1.21 bits per heavy atom. The first kappa shape index (κ1) is 9.74. The van der Waals surface area contributed by atoms with Crippen LogP contribution in [0.2, 0.25) is 5.02 Å². The number of hydrogen-bond acceptors (Lipinski definition) is 2. The van der Waals surface area contributed by atoms with Gasteiger partial charge in [-0.1, -0.05) is 11.6 Å². The van der Waals surface area contributed by atoms with Crippen molar-refractivity contribution in [2.75, 3.05) is 31.1 Å². The number of hydrogen-bond donors (Lipinski definition) is 1. The van der Waals surface area contributed by atoms with Crippen LogP contribution in [0.1, 0.15) is 0 Å². The third-order valence-electron chi connectivity index (χ3n) is 2.33. The van der Waals surface area contributed by atoms with Gasteiger partial charge in [-0.3, -0.25) is 0 Å². The first-order valence-electron chi connectivity index (χ1n) is 4.67. The predicted octanol–water partition coefficient (Wildman–Crippen LogP) is 1.89. The van der Waals surface area contributed by atoms with Crippen molar-refractivity contribution in [3.8, 4) is 0 Å². The highest BCUT2D eigenvalue weighted by Gasteiger charge is 2.11. The Balaban J connectivity index is 2.21. The molecule has 1 fully saturated rings. The van der Waals surface area contributed by atoms with Crippen LogP contribution in [0.4, 0.5) is 10.1 Å². The van der Waals surface area contributed by atoms with Crippen LogP contribution in [0, 0.1) is 5.82 Å². The maximum atomic E-state index is 13.1. The zero-order valence-electron chi connectivity index (χ0n) is 7.76. The number of anilines is 1. The second-order valence-electron chi connectivity index (χ2n) is 3.36. The van der Waals surface area contributed by atoms with Gasteiger partial charge in [0.05, 0.1) is 0 Å². The van der Waals surface area contributed by atoms with Gasteiger partial charge in [-0.05, 0) is 18.2 Å². The number of rotatable bonds is 1. The summed E-state index contributed by atoms with van der Waals surface area (Å²) in [4.78, 5) is 2.13. The molecule has 0 aliphatic carbocycles. The van der Waals surface area contributed by atoms with E-state index in [1.165, 1.54) is 12.1 Å². The van der Waals surface area contributed by atoms with Crippen molar-refractivity contribution < 1.29 is 4.39 Å². The number of nitrogens with zero attached hydrogens (tertiary/aromatic N) is 1. The summed E-state index contributed by atoms with van der Waals surface area (Å²) in [5, 5.41) is 3.70. The van der Waals surface area contributed by atoms with Crippen molar-refractivity contribution in [1.29, 1.82) is 0 Å². The molecule has 1 saturated heterocycles. The van der Waals surface area contributed by atoms with E-state index >= 15 is 0 Å². The highest BCUT2D eigenvalue weighted by molar-refractivity contribution is 6.30. The summed E-state index contributed by atoms with van der Waals surface area (Å²) in [5.41, 5.74) is 0.872. The van der Waals surface area contributed by atoms with Crippen molar-refractivity contribution in [3.05, 3.63) is 29.0 Å². The van der Waals surface area contributed by atoms with Crippen LogP contribution in [-0.2, 0) is 0 Å². The van der Waals surface area contributed by atoms with Crippen molar-refractivity contribution in [3.63, 3.8) is 0 Å². The van der Waals surface area contributed by atoms with Crippen molar-refractivity contribution >= 4 is 17.3 Å². The molecule has 1 heterocycles. The van der Waals surface area contributed by atoms with Crippen LogP contribution in [0.25, 0.3) is 0 Å². The molecule has 1 aromatic carbocycles. The van der Waals surface area contributed by atoms with Crippen LogP contribution in [0.15, 0.2) is 18.2 Å². The Hall–Kier alpha value is -0.800. The van der Waals surface area contributed by atoms with E-state index in [0.717, 1.165) is 31.9 Å². The molecule has 0 atom stereocenters. The SMILES string of the molecule is Fc1cc(Cl)cc(N2CCNCC2)c1. The summed E-state index contributed by atoms with van der Waals surface area (Å²) in [6.07, 6.45) is 0. The molecular formula is C10H12ClFN2. The van der Waals surface area contributed by atoms with E-state index in [0.29, 0.717) is 5.02 Å². The molecule has 76 valence electrons. The first-order chi connectivity index (χ1) is 6.75. The maximum absolute atomic E-state index is 13.1. The van der Waals surface area contributed by atoms with Crippen LogP contribution >= 0.6 is 11.6 Å². The van der Waals surface area contributed by atoms with E-state index in [2.05, 4.69) is 10.2 Å². The lowest BCUT2D eigenvalue weighted by Gasteiger charge is -2.29. The highest BCUT2D eigenvalue weighted by atomic mass is 35.5. The van der Waals surface area contributed by atoms with Gasteiger partial charge in [-0.25, -0.2) is 4.39 Å². The fraction of sp³-hybridized carbons (Fsp3) is 0.400. The van der Waals surface area contributed by atoms with Gasteiger partial charge in [0.15, 0.2) is 0 Å². The van der Waals surface area contributed by atoms with E-state index in [-0.39, 0.29) is 5.82 Å². The maximum Gasteiger partial charge on any atom is 0.126 e. The normalized spacial score (nSPS) is 17.1. The average molecular weight is 215 g/mol. The second-order valence-corrected chi connectivity index (χ2v) is 3.80. The minimum absolute atomic E-state index is 0.272. The molecule has 2 nitrogen and oxygen atoms in total. The van der Waals surface area contributed by atoms with E-state index in [1.54, 1.807) is 6.07 Å². The Labute approximate surface area is 87.7 Å². The largest absolute Gasteiger partial charge is 0.369 e. The summed E-state index contributed by atoms with van der Waals surface area (Å²) in [7, 11) is 0. The Bertz CT molecular complexity index is 304. The van der Waals surface area contributed by atoms with Gasteiger partial charge in [0.2, 0.25) is 0 Å². The van der Waals surface area contributed by atoms with Crippen LogP contribution in [-0.4, -0.2) is 26.2 Å². The van der Waals surface area contributed by atoms with E-state index in [9.17, 15) is 4.39 Å². The molecular weight excluding hydrogens is 203 g/mol. The van der Waals surface area contributed by atoms with Crippen molar-refractivity contribution in [2.45, 2.75) is 0 Å². The minimum Gasteiger partial charge on any atom is -0.369 e. The topological polar surface area (TPSA) is 15.3 Å². The average Bonchev–Trinajstić information content (AvgIpc) is 2.18. The molecule has 4 heteroatoms. The summed E-state index contributed by atoms with van der Waals surface area (Å²) in [6, 6.07) is 4.65. The summed E-state index contributed by atoms with van der Waals surface area (Å²) in [5.74, 6) is -0.272. The molecule has 0 unspecified atom stereocenters. The molecule has 0 radical (unpaired) electrons. The summed E-state index contributed by atoms with van der Waals surface area (Å²) >= 11 is 5.79. The zero-order chi connectivity index (χ0) is 9.97. The van der Waals surface area contributed by atoms with Gasteiger partial charge in [0.1, 0.15) is 5.82 Å². The zero-order valence-corrected chi connectivity index (χ0v) is 8.52. The molecule has 1 aliphatic heterocycles. The monoisotopic (exact) mass is 214 g/mol. The van der Waals surface area contributed by atoms with Crippen LogP contribution in [0.5, 0.6) is 0 Å². The standard InChI is InChI=1S/C10H12ClFN2/c11-8-5-9(12)7-10(6-8)14-3-1-13-2-4-14/h5-7,13H,1-4H2. The molecule has 0 amide bonds. The number of halogens is 2. The fourth-order valence-electron chi connectivity index (χ4n) is 1.64. The highest BCUT2D eigenvalue weighted by Crippen LogP contribution is 2.21. The molecule has 1 N–H and O–H groups in total. The number of piperazine rings is 1. The van der Waals surface area contributed by atoms with Gasteiger partial charge in [0.25, 0.3) is 0 Å². The van der Waals surface area contributed by atoms with Crippen molar-refractivity contribution in [1.82, 2.24) is 5.32 Å². The van der Waals surface area contributed by atoms with Crippen LogP contribution in [0.3, 0.4) is 0 Å². The first-order valence-corrected chi connectivity index (χ1v) is 5.05. The molecule has 0 spiro atoms. The second kappa shape index (κ2) is 4.15. The van der Waals surface area contributed by atoms with Crippen LogP contribution < -0.4 is 10.2 Å². The van der Waals surface area contributed by atoms with Gasteiger partial charge in [0, 0.05) is 36.9 Å². The number of benzene rings is 1. The quantitative estimate of drug-likeness (QED) is 0.768. The predicted molar refractivity (Wildman–Crippen MR) is 56.5 cm³/mol. The van der Waals surface area contributed by atoms with Gasteiger partial charge in [-0.2, -0.15) is 0 Å². The smallest absolute Gasteiger partial charge is 0.126 e.